The Bertz CT molecular complexity index is 529. The van der Waals surface area contributed by atoms with Gasteiger partial charge >= 0.3 is 6.18 Å². The van der Waals surface area contributed by atoms with E-state index in [0.717, 1.165) is 29.8 Å². The van der Waals surface area contributed by atoms with E-state index in [4.69, 9.17) is 0 Å². The van der Waals surface area contributed by atoms with E-state index in [0.29, 0.717) is 30.0 Å². The summed E-state index contributed by atoms with van der Waals surface area (Å²) in [6.07, 6.45) is -1.56. The van der Waals surface area contributed by atoms with Gasteiger partial charge in [0, 0.05) is 38.0 Å². The van der Waals surface area contributed by atoms with Crippen molar-refractivity contribution < 1.29 is 13.2 Å². The molecule has 0 spiro atoms. The van der Waals surface area contributed by atoms with Gasteiger partial charge in [-0.25, -0.2) is 4.98 Å². The molecule has 0 amide bonds. The Kier molecular flexibility index (Phi) is 6.23. The predicted molar refractivity (Wildman–Crippen MR) is 85.8 cm³/mol. The first-order valence-corrected chi connectivity index (χ1v) is 8.44. The average Bonchev–Trinajstić information content (AvgIpc) is 3.11. The molecular formula is C14H22F3N5S. The number of likely N-dealkylation sites (N-methyl/N-ethyl adjacent to an activating group) is 1. The van der Waals surface area contributed by atoms with E-state index in [1.807, 2.05) is 0 Å². The molecular weight excluding hydrogens is 327 g/mol. The molecule has 1 aliphatic rings. The van der Waals surface area contributed by atoms with Gasteiger partial charge in [-0.1, -0.05) is 0 Å². The summed E-state index contributed by atoms with van der Waals surface area (Å²) < 4.78 is 37.4. The Morgan fingerprint density at radius 3 is 2.83 bits per heavy atom. The van der Waals surface area contributed by atoms with Crippen LogP contribution in [0.25, 0.3) is 0 Å². The molecule has 0 bridgehead atoms. The molecule has 1 fully saturated rings. The van der Waals surface area contributed by atoms with E-state index >= 15 is 0 Å². The molecule has 130 valence electrons. The maximum atomic E-state index is 12.5. The Labute approximate surface area is 138 Å². The van der Waals surface area contributed by atoms with Crippen LogP contribution in [0.15, 0.2) is 10.4 Å². The molecule has 1 unspecified atom stereocenters. The van der Waals surface area contributed by atoms with Gasteiger partial charge in [-0.15, -0.1) is 11.3 Å². The molecule has 0 aromatic carbocycles. The van der Waals surface area contributed by atoms with Crippen molar-refractivity contribution in [2.45, 2.75) is 31.5 Å². The minimum atomic E-state index is -4.37. The van der Waals surface area contributed by atoms with Crippen LogP contribution < -0.4 is 10.6 Å². The molecule has 2 N–H and O–H groups in total. The monoisotopic (exact) mass is 349 g/mol. The lowest BCUT2D eigenvalue weighted by atomic mass is 10.2. The highest BCUT2D eigenvalue weighted by Crippen LogP contribution is 2.29. The molecule has 23 heavy (non-hydrogen) atoms. The van der Waals surface area contributed by atoms with E-state index in [2.05, 4.69) is 32.6 Å². The molecule has 1 aromatic heterocycles. The molecule has 0 aliphatic carbocycles. The van der Waals surface area contributed by atoms with Gasteiger partial charge in [-0.05, 0) is 26.4 Å². The zero-order valence-electron chi connectivity index (χ0n) is 13.3. The highest BCUT2D eigenvalue weighted by molar-refractivity contribution is 7.09. The topological polar surface area (TPSA) is 52.6 Å². The summed E-state index contributed by atoms with van der Waals surface area (Å²) in [5.74, 6) is 0.665. The van der Waals surface area contributed by atoms with Gasteiger partial charge in [-0.2, -0.15) is 13.2 Å². The lowest BCUT2D eigenvalue weighted by molar-refractivity contribution is -0.140. The molecule has 5 nitrogen and oxygen atoms in total. The second-order valence-corrected chi connectivity index (χ2v) is 6.47. The predicted octanol–water partition coefficient (Wildman–Crippen LogP) is 1.96. The first-order chi connectivity index (χ1) is 10.9. The number of hydrogen-bond acceptors (Lipinski definition) is 4. The van der Waals surface area contributed by atoms with Crippen LogP contribution in [0.4, 0.5) is 13.2 Å². The number of rotatable bonds is 5. The van der Waals surface area contributed by atoms with E-state index in [1.165, 1.54) is 12.8 Å². The third-order valence-electron chi connectivity index (χ3n) is 3.87. The summed E-state index contributed by atoms with van der Waals surface area (Å²) in [4.78, 5) is 10.1. The summed E-state index contributed by atoms with van der Waals surface area (Å²) in [6, 6.07) is 0.502. The summed E-state index contributed by atoms with van der Waals surface area (Å²) in [6.45, 7) is 2.42. The van der Waals surface area contributed by atoms with Crippen LogP contribution in [0.2, 0.25) is 0 Å². The Hall–Kier alpha value is -1.35. The van der Waals surface area contributed by atoms with E-state index in [9.17, 15) is 13.2 Å². The molecule has 1 aromatic rings. The quantitative estimate of drug-likeness (QED) is 0.630. The van der Waals surface area contributed by atoms with Crippen molar-refractivity contribution in [2.24, 2.45) is 4.99 Å². The van der Waals surface area contributed by atoms with Crippen LogP contribution in [0.3, 0.4) is 0 Å². The maximum absolute atomic E-state index is 12.5. The number of thiazole rings is 1. The van der Waals surface area contributed by atoms with Crippen LogP contribution in [0.1, 0.15) is 23.5 Å². The Morgan fingerprint density at radius 2 is 2.26 bits per heavy atom. The highest BCUT2D eigenvalue weighted by Gasteiger charge is 2.33. The summed E-state index contributed by atoms with van der Waals surface area (Å²) in [5, 5.41) is 7.89. The average molecular weight is 349 g/mol. The van der Waals surface area contributed by atoms with Crippen LogP contribution in [0, 0.1) is 0 Å². The number of alkyl halides is 3. The molecule has 1 aliphatic heterocycles. The van der Waals surface area contributed by atoms with Gasteiger partial charge in [-0.3, -0.25) is 4.99 Å². The van der Waals surface area contributed by atoms with Gasteiger partial charge in [0.1, 0.15) is 0 Å². The first-order valence-electron chi connectivity index (χ1n) is 7.56. The number of guanidine groups is 1. The van der Waals surface area contributed by atoms with Crippen LogP contribution >= 0.6 is 11.3 Å². The minimum Gasteiger partial charge on any atom is -0.356 e. The van der Waals surface area contributed by atoms with Crippen molar-refractivity contribution in [1.82, 2.24) is 20.5 Å². The fraction of sp³-hybridized carbons (Fsp3) is 0.714. The lowest BCUT2D eigenvalue weighted by Crippen LogP contribution is -2.44. The van der Waals surface area contributed by atoms with Crippen LogP contribution in [0.5, 0.6) is 0 Å². The van der Waals surface area contributed by atoms with Crippen molar-refractivity contribution in [3.8, 4) is 0 Å². The molecule has 1 saturated heterocycles. The molecule has 2 rings (SSSR count). The molecule has 0 saturated carbocycles. The number of nitrogens with zero attached hydrogens (tertiary/aromatic N) is 3. The largest absolute Gasteiger partial charge is 0.434 e. The van der Waals surface area contributed by atoms with Gasteiger partial charge < -0.3 is 15.5 Å². The van der Waals surface area contributed by atoms with Gasteiger partial charge in [0.25, 0.3) is 0 Å². The third kappa shape index (κ3) is 5.35. The summed E-state index contributed by atoms with van der Waals surface area (Å²) in [5.41, 5.74) is -0.815. The smallest absolute Gasteiger partial charge is 0.356 e. The minimum absolute atomic E-state index is 0.435. The second kappa shape index (κ2) is 7.96. The Morgan fingerprint density at radius 1 is 1.48 bits per heavy atom. The van der Waals surface area contributed by atoms with Gasteiger partial charge in [0.05, 0.1) is 5.01 Å². The third-order valence-corrected chi connectivity index (χ3v) is 4.78. The Balaban J connectivity index is 1.72. The maximum Gasteiger partial charge on any atom is 0.434 e. The van der Waals surface area contributed by atoms with Crippen molar-refractivity contribution in [2.75, 3.05) is 33.7 Å². The van der Waals surface area contributed by atoms with Crippen LogP contribution in [-0.4, -0.2) is 55.6 Å². The number of halogens is 3. The standard InChI is InChI=1S/C14H22F3N5S/c1-18-13(20-8-10-4-3-7-22(10)2)19-6-5-12-21-11(9-23-12)14(15,16)17/h9-10H,3-8H2,1-2H3,(H2,18,19,20). The van der Waals surface area contributed by atoms with Crippen molar-refractivity contribution >= 4 is 17.3 Å². The van der Waals surface area contributed by atoms with Crippen molar-refractivity contribution in [3.63, 3.8) is 0 Å². The number of likely N-dealkylation sites (tertiary alicyclic amines) is 1. The van der Waals surface area contributed by atoms with E-state index < -0.39 is 11.9 Å². The molecule has 1 atom stereocenters. The van der Waals surface area contributed by atoms with Gasteiger partial charge in [0.15, 0.2) is 11.7 Å². The van der Waals surface area contributed by atoms with E-state index in [-0.39, 0.29) is 0 Å². The first kappa shape index (κ1) is 18.0. The lowest BCUT2D eigenvalue weighted by Gasteiger charge is -2.21. The zero-order chi connectivity index (χ0) is 16.9. The molecule has 0 radical (unpaired) electrons. The van der Waals surface area contributed by atoms with Gasteiger partial charge in [0.2, 0.25) is 0 Å². The number of hydrogen-bond donors (Lipinski definition) is 2. The highest BCUT2D eigenvalue weighted by atomic mass is 32.1. The van der Waals surface area contributed by atoms with Crippen LogP contribution in [-0.2, 0) is 12.6 Å². The summed E-state index contributed by atoms with van der Waals surface area (Å²) >= 11 is 1.03. The fourth-order valence-corrected chi connectivity index (χ4v) is 3.32. The summed E-state index contributed by atoms with van der Waals surface area (Å²) in [7, 11) is 3.79. The number of aliphatic imine (C=N–C) groups is 1. The number of aromatic nitrogens is 1. The SMILES string of the molecule is CN=C(NCCc1nc(C(F)(F)F)cs1)NCC1CCCN1C. The number of nitrogens with one attached hydrogen (secondary N) is 2. The van der Waals surface area contributed by atoms with Crippen molar-refractivity contribution in [1.29, 1.82) is 0 Å². The van der Waals surface area contributed by atoms with Crippen molar-refractivity contribution in [3.05, 3.63) is 16.1 Å². The normalized spacial score (nSPS) is 20.0. The molecule has 9 heteroatoms. The van der Waals surface area contributed by atoms with E-state index in [1.54, 1.807) is 7.05 Å². The fourth-order valence-electron chi connectivity index (χ4n) is 2.52. The second-order valence-electron chi connectivity index (χ2n) is 5.53. The zero-order valence-corrected chi connectivity index (χ0v) is 14.1. The molecule has 2 heterocycles.